The molecule has 125 valence electrons. The molecule has 0 saturated carbocycles. The van der Waals surface area contributed by atoms with Crippen molar-refractivity contribution in [2.24, 2.45) is 4.99 Å². The molecular formula is C9H15CuN2O9+. The molecule has 0 aliphatic rings. The first-order valence-corrected chi connectivity index (χ1v) is 4.16. The van der Waals surface area contributed by atoms with Crippen LogP contribution >= 0.6 is 0 Å². The van der Waals surface area contributed by atoms with Crippen LogP contribution in [0.4, 0.5) is 5.69 Å². The van der Waals surface area contributed by atoms with Gasteiger partial charge in [-0.2, -0.15) is 0 Å². The first-order chi connectivity index (χ1) is 7.50. The van der Waals surface area contributed by atoms with Crippen LogP contribution in [0.1, 0.15) is 5.56 Å². The van der Waals surface area contributed by atoms with Crippen LogP contribution in [0, 0.1) is 10.1 Å². The van der Waals surface area contributed by atoms with Crippen molar-refractivity contribution in [1.29, 1.82) is 0 Å². The molecule has 21 heavy (non-hydrogen) atoms. The number of nitrogens with zero attached hydrogens (tertiary/aromatic N) is 2. The summed E-state index contributed by atoms with van der Waals surface area (Å²) < 4.78 is 0. The van der Waals surface area contributed by atoms with Crippen LogP contribution in [-0.2, 0) is 27.3 Å². The predicted molar refractivity (Wildman–Crippen MR) is 65.7 cm³/mol. The molecule has 0 fully saturated rings. The Bertz CT molecular complexity index is 467. The molecule has 0 spiro atoms. The van der Waals surface area contributed by atoms with E-state index in [0.717, 1.165) is 24.4 Å². The predicted octanol–water partition coefficient (Wildman–Crippen LogP) is -4.56. The van der Waals surface area contributed by atoms with Crippen molar-refractivity contribution in [2.75, 3.05) is 6.54 Å². The summed E-state index contributed by atoms with van der Waals surface area (Å²) in [6, 6.07) is 3.12. The van der Waals surface area contributed by atoms with Crippen LogP contribution in [0.2, 0.25) is 0 Å². The summed E-state index contributed by atoms with van der Waals surface area (Å²) in [6.45, 7) is -0.595. The Balaban J connectivity index is -0.000000171. The smallest absolute Gasteiger partial charge is 0.872 e. The van der Waals surface area contributed by atoms with E-state index in [1.54, 1.807) is 0 Å². The molecule has 0 aromatic heterocycles. The maximum atomic E-state index is 11.2. The number of carboxylic acids is 1. The van der Waals surface area contributed by atoms with Crippen LogP contribution < -0.4 is 10.2 Å². The Kier molecular flexibility index (Phi) is 21.4. The van der Waals surface area contributed by atoms with Gasteiger partial charge in [-0.05, 0) is 5.56 Å². The average molecular weight is 359 g/mol. The molecule has 0 atom stereocenters. The van der Waals surface area contributed by atoms with Gasteiger partial charge in [0.05, 0.1) is 17.4 Å². The van der Waals surface area contributed by atoms with Gasteiger partial charge < -0.3 is 36.9 Å². The molecule has 0 saturated heterocycles. The molecule has 0 bridgehead atoms. The molecule has 0 unspecified atom stereocenters. The van der Waals surface area contributed by atoms with Gasteiger partial charge in [0.25, 0.3) is 5.69 Å². The Morgan fingerprint density at radius 3 is 2.24 bits per heavy atom. The molecule has 1 radical (unpaired) electrons. The second-order valence-corrected chi connectivity index (χ2v) is 2.82. The number of nitro benzene ring substituents is 1. The van der Waals surface area contributed by atoms with Gasteiger partial charge in [0.15, 0.2) is 0 Å². The third-order valence-electron chi connectivity index (χ3n) is 1.65. The zero-order chi connectivity index (χ0) is 12.1. The van der Waals surface area contributed by atoms with E-state index in [9.17, 15) is 25.1 Å². The van der Waals surface area contributed by atoms with E-state index < -0.39 is 23.2 Å². The average Bonchev–Trinajstić information content (AvgIpc) is 2.20. The van der Waals surface area contributed by atoms with E-state index in [1.807, 2.05) is 0 Å². The van der Waals surface area contributed by atoms with Crippen molar-refractivity contribution < 1.29 is 58.9 Å². The Hall–Kier alpha value is -2.08. The minimum absolute atomic E-state index is 0. The summed E-state index contributed by atoms with van der Waals surface area (Å²) in [5, 5.41) is 31.6. The van der Waals surface area contributed by atoms with Crippen molar-refractivity contribution >= 4 is 17.9 Å². The minimum Gasteiger partial charge on any atom is -0.872 e. The fourth-order valence-electron chi connectivity index (χ4n) is 0.969. The fourth-order valence-corrected chi connectivity index (χ4v) is 0.969. The molecule has 0 aliphatic heterocycles. The number of hydrogen-bond acceptors (Lipinski definition) is 6. The summed E-state index contributed by atoms with van der Waals surface area (Å²) in [5.41, 5.74) is -0.287. The topological polar surface area (TPSA) is 246 Å². The molecule has 9 N–H and O–H groups in total. The van der Waals surface area contributed by atoms with Gasteiger partial charge in [-0.1, -0.05) is 11.8 Å². The summed E-state index contributed by atoms with van der Waals surface area (Å²) in [4.78, 5) is 23.2. The van der Waals surface area contributed by atoms with Gasteiger partial charge in [0, 0.05) is 18.3 Å². The number of nitro groups is 1. The van der Waals surface area contributed by atoms with Crippen LogP contribution in [0.25, 0.3) is 0 Å². The van der Waals surface area contributed by atoms with Crippen molar-refractivity contribution in [3.05, 3.63) is 33.9 Å². The molecule has 0 aliphatic carbocycles. The second kappa shape index (κ2) is 14.3. The molecule has 0 amide bonds. The molecule has 0 heterocycles. The summed E-state index contributed by atoms with van der Waals surface area (Å²) in [7, 11) is 0. The first kappa shape index (κ1) is 31.4. The van der Waals surface area contributed by atoms with Crippen molar-refractivity contribution in [2.45, 2.75) is 0 Å². The summed E-state index contributed by atoms with van der Waals surface area (Å²) >= 11 is 0. The third-order valence-corrected chi connectivity index (χ3v) is 1.65. The van der Waals surface area contributed by atoms with Crippen molar-refractivity contribution in [1.82, 2.24) is 0 Å². The molecular weight excluding hydrogens is 344 g/mol. The number of hydrogen-bond donors (Lipinski definition) is 0. The maximum Gasteiger partial charge on any atom is 2.00 e. The van der Waals surface area contributed by atoms with E-state index in [0.29, 0.717) is 0 Å². The van der Waals surface area contributed by atoms with Crippen LogP contribution in [0.15, 0.2) is 23.2 Å². The monoisotopic (exact) mass is 358 g/mol. The van der Waals surface area contributed by atoms with E-state index in [4.69, 9.17) is 0 Å². The maximum absolute atomic E-state index is 11.2. The summed E-state index contributed by atoms with van der Waals surface area (Å²) in [6.07, 6.45) is 0.977. The number of benzene rings is 1. The Morgan fingerprint density at radius 1 is 1.29 bits per heavy atom. The van der Waals surface area contributed by atoms with Gasteiger partial charge in [0.2, 0.25) is 0 Å². The van der Waals surface area contributed by atoms with Gasteiger partial charge >= 0.3 is 17.1 Å². The first-order valence-electron chi connectivity index (χ1n) is 4.16. The largest absolute Gasteiger partial charge is 2.00 e. The van der Waals surface area contributed by atoms with Gasteiger partial charge in [-0.15, -0.1) is 0 Å². The molecule has 1 aromatic rings. The number of carbonyl (C=O) groups is 1. The quantitative estimate of drug-likeness (QED) is 0.169. The number of rotatable bonds is 4. The minimum atomic E-state index is -1.39. The third kappa shape index (κ3) is 10.4. The van der Waals surface area contributed by atoms with E-state index in [2.05, 4.69) is 4.99 Å². The zero-order valence-corrected chi connectivity index (χ0v) is 11.3. The molecule has 1 rings (SSSR count). The van der Waals surface area contributed by atoms with E-state index in [-0.39, 0.29) is 50.2 Å². The Labute approximate surface area is 128 Å². The Morgan fingerprint density at radius 2 is 1.81 bits per heavy atom. The second-order valence-electron chi connectivity index (χ2n) is 2.82. The van der Waals surface area contributed by atoms with Gasteiger partial charge in [-0.25, -0.2) is 0 Å². The van der Waals surface area contributed by atoms with Crippen LogP contribution in [-0.4, -0.2) is 40.1 Å². The van der Waals surface area contributed by atoms with Gasteiger partial charge in [-0.3, -0.25) is 15.1 Å². The summed E-state index contributed by atoms with van der Waals surface area (Å²) in [5.74, 6) is -1.86. The number of carbonyl (C=O) groups excluding carboxylic acids is 1. The van der Waals surface area contributed by atoms with Crippen LogP contribution in [0.3, 0.4) is 0 Å². The number of aliphatic carboxylic acids is 1. The number of non-ortho nitro benzene ring substituents is 1. The van der Waals surface area contributed by atoms with Gasteiger partial charge in [0.1, 0.15) is 0 Å². The van der Waals surface area contributed by atoms with Crippen molar-refractivity contribution in [3.63, 3.8) is 0 Å². The number of carboxylic acid groups (broad SMARTS) is 1. The molecule has 12 heteroatoms. The van der Waals surface area contributed by atoms with E-state index in [1.165, 1.54) is 0 Å². The standard InChI is InChI=1S/C9H8N2O5.Cu.4H2O/c12-8-2-1-7(11(15)16)3-6(8)4-10-5-9(13)14;;;;;/h1-4,12H,5H2,(H,13,14);;4*1H2/q;+2;;;;/p-1. The molecule has 11 nitrogen and oxygen atoms in total. The number of aliphatic imine (C=N–C) groups is 1. The van der Waals surface area contributed by atoms with Crippen molar-refractivity contribution in [3.8, 4) is 5.75 Å². The normalized spacial score (nSPS) is 8.00. The van der Waals surface area contributed by atoms with E-state index >= 15 is 0 Å². The zero-order valence-electron chi connectivity index (χ0n) is 10.3. The van der Waals surface area contributed by atoms with Crippen LogP contribution in [0.5, 0.6) is 5.75 Å². The fraction of sp³-hybridized carbons (Fsp3) is 0.111. The SMILES string of the molecule is O.O.O.O=C([O-])CN=Cc1cc([N+](=O)[O-])ccc1[O-].[Cu+2].[OH3+]. The molecule has 1 aromatic carbocycles.